The number of carbonyl (C=O) groups is 1. The summed E-state index contributed by atoms with van der Waals surface area (Å²) in [5, 5.41) is 2.94. The second kappa shape index (κ2) is 6.74. The van der Waals surface area contributed by atoms with E-state index in [1.807, 2.05) is 6.08 Å². The van der Waals surface area contributed by atoms with Crippen LogP contribution in [0.1, 0.15) is 52.2 Å². The predicted octanol–water partition coefficient (Wildman–Crippen LogP) is 3.71. The van der Waals surface area contributed by atoms with Crippen LogP contribution >= 0.6 is 11.3 Å². The molecule has 0 bridgehead atoms. The number of aryl methyl sites for hydroxylation is 2. The number of hydrogen-bond donors (Lipinski definition) is 1. The van der Waals surface area contributed by atoms with Crippen LogP contribution in [0.5, 0.6) is 0 Å². The average Bonchev–Trinajstić information content (AvgIpc) is 2.72. The van der Waals surface area contributed by atoms with Crippen molar-refractivity contribution in [1.82, 2.24) is 5.32 Å². The van der Waals surface area contributed by atoms with Crippen LogP contribution in [0.4, 0.5) is 0 Å². The maximum Gasteiger partial charge on any atom is 0.261 e. The Morgan fingerprint density at radius 3 is 2.89 bits per heavy atom. The van der Waals surface area contributed by atoms with Gasteiger partial charge < -0.3 is 5.32 Å². The fourth-order valence-electron chi connectivity index (χ4n) is 2.33. The van der Waals surface area contributed by atoms with Gasteiger partial charge in [0.25, 0.3) is 5.91 Å². The molecular formula is C15H21NOS. The van der Waals surface area contributed by atoms with Crippen LogP contribution < -0.4 is 5.32 Å². The molecule has 1 heterocycles. The van der Waals surface area contributed by atoms with Crippen molar-refractivity contribution in [3.8, 4) is 0 Å². The van der Waals surface area contributed by atoms with Crippen molar-refractivity contribution in [3.05, 3.63) is 34.0 Å². The van der Waals surface area contributed by atoms with E-state index in [0.717, 1.165) is 24.1 Å². The van der Waals surface area contributed by atoms with Crippen molar-refractivity contribution in [2.75, 3.05) is 6.54 Å². The molecular weight excluding hydrogens is 242 g/mol. The summed E-state index contributed by atoms with van der Waals surface area (Å²) in [6.07, 6.45) is 10.2. The normalized spacial score (nSPS) is 15.3. The van der Waals surface area contributed by atoms with E-state index >= 15 is 0 Å². The van der Waals surface area contributed by atoms with Gasteiger partial charge in [0, 0.05) is 11.4 Å². The summed E-state index contributed by atoms with van der Waals surface area (Å²) >= 11 is 1.69. The summed E-state index contributed by atoms with van der Waals surface area (Å²) in [4.78, 5) is 14.3. The average molecular weight is 263 g/mol. The van der Waals surface area contributed by atoms with Crippen LogP contribution in [-0.2, 0) is 12.8 Å². The molecule has 0 radical (unpaired) electrons. The lowest BCUT2D eigenvalue weighted by molar-refractivity contribution is 0.0958. The van der Waals surface area contributed by atoms with Gasteiger partial charge in [-0.15, -0.1) is 17.9 Å². The van der Waals surface area contributed by atoms with Gasteiger partial charge in [0.2, 0.25) is 0 Å². The van der Waals surface area contributed by atoms with Crippen molar-refractivity contribution in [1.29, 1.82) is 0 Å². The summed E-state index contributed by atoms with van der Waals surface area (Å²) in [7, 11) is 0. The summed E-state index contributed by atoms with van der Waals surface area (Å²) in [5.41, 5.74) is 1.41. The van der Waals surface area contributed by atoms with Gasteiger partial charge in [0.05, 0.1) is 4.88 Å². The molecule has 1 amide bonds. The zero-order valence-corrected chi connectivity index (χ0v) is 11.7. The lowest BCUT2D eigenvalue weighted by Crippen LogP contribution is -2.23. The molecule has 18 heavy (non-hydrogen) atoms. The van der Waals surface area contributed by atoms with Crippen LogP contribution in [0.3, 0.4) is 0 Å². The third kappa shape index (κ3) is 3.45. The largest absolute Gasteiger partial charge is 0.351 e. The molecule has 0 aromatic carbocycles. The lowest BCUT2D eigenvalue weighted by Gasteiger charge is -2.07. The van der Waals surface area contributed by atoms with E-state index in [-0.39, 0.29) is 5.91 Å². The van der Waals surface area contributed by atoms with Crippen molar-refractivity contribution < 1.29 is 4.79 Å². The molecule has 1 aromatic heterocycles. The summed E-state index contributed by atoms with van der Waals surface area (Å²) in [5.74, 6) is 0.0774. The fraction of sp³-hybridized carbons (Fsp3) is 0.533. The third-order valence-corrected chi connectivity index (χ3v) is 4.59. The highest BCUT2D eigenvalue weighted by atomic mass is 32.1. The maximum absolute atomic E-state index is 12.0. The Labute approximate surface area is 113 Å². The molecule has 0 spiro atoms. The molecule has 0 aliphatic heterocycles. The van der Waals surface area contributed by atoms with Gasteiger partial charge in [0.15, 0.2) is 0 Å². The quantitative estimate of drug-likeness (QED) is 0.651. The Morgan fingerprint density at radius 1 is 1.33 bits per heavy atom. The summed E-state index contributed by atoms with van der Waals surface area (Å²) in [6.45, 7) is 4.34. The maximum atomic E-state index is 12.0. The first-order chi connectivity index (χ1) is 8.81. The molecule has 2 nitrogen and oxygen atoms in total. The Morgan fingerprint density at radius 2 is 2.11 bits per heavy atom. The Kier molecular flexibility index (Phi) is 5.00. The highest BCUT2D eigenvalue weighted by Crippen LogP contribution is 2.28. The summed E-state index contributed by atoms with van der Waals surface area (Å²) < 4.78 is 0. The molecule has 0 atom stereocenters. The Bertz CT molecular complexity index is 397. The number of hydrogen-bond acceptors (Lipinski definition) is 2. The number of nitrogens with one attached hydrogen (secondary N) is 1. The van der Waals surface area contributed by atoms with Gasteiger partial charge in [0.1, 0.15) is 0 Å². The first-order valence-electron chi connectivity index (χ1n) is 6.82. The number of fused-ring (bicyclic) bond motifs is 1. The van der Waals surface area contributed by atoms with E-state index in [4.69, 9.17) is 0 Å². The van der Waals surface area contributed by atoms with Gasteiger partial charge in [-0.3, -0.25) is 4.79 Å². The second-order valence-corrected chi connectivity index (χ2v) is 5.94. The third-order valence-electron chi connectivity index (χ3n) is 3.35. The Balaban J connectivity index is 2.02. The molecule has 0 saturated carbocycles. The minimum absolute atomic E-state index is 0.0774. The van der Waals surface area contributed by atoms with Crippen LogP contribution in [0.2, 0.25) is 0 Å². The van der Waals surface area contributed by atoms with Crippen molar-refractivity contribution >= 4 is 17.2 Å². The molecule has 1 N–H and O–H groups in total. The van der Waals surface area contributed by atoms with Gasteiger partial charge >= 0.3 is 0 Å². The van der Waals surface area contributed by atoms with Crippen LogP contribution in [0.25, 0.3) is 0 Å². The number of carbonyl (C=O) groups excluding carboxylic acids is 1. The predicted molar refractivity (Wildman–Crippen MR) is 77.3 cm³/mol. The van der Waals surface area contributed by atoms with E-state index in [0.29, 0.717) is 6.54 Å². The van der Waals surface area contributed by atoms with Crippen LogP contribution in [-0.4, -0.2) is 12.5 Å². The summed E-state index contributed by atoms with van der Waals surface area (Å²) in [6, 6.07) is 2.11. The van der Waals surface area contributed by atoms with Gasteiger partial charge in [-0.25, -0.2) is 0 Å². The molecule has 1 aliphatic carbocycles. The second-order valence-electron chi connectivity index (χ2n) is 4.81. The topological polar surface area (TPSA) is 29.1 Å². The lowest BCUT2D eigenvalue weighted by atomic mass is 10.00. The molecule has 1 aliphatic rings. The van der Waals surface area contributed by atoms with Crippen molar-refractivity contribution in [3.63, 3.8) is 0 Å². The first-order valence-corrected chi connectivity index (χ1v) is 7.63. The highest BCUT2D eigenvalue weighted by Gasteiger charge is 2.15. The molecule has 1 aromatic rings. The highest BCUT2D eigenvalue weighted by molar-refractivity contribution is 7.14. The number of amides is 1. The molecule has 0 fully saturated rings. The molecule has 0 unspecified atom stereocenters. The number of thiophene rings is 1. The number of rotatable bonds is 4. The molecule has 2 rings (SSSR count). The first kappa shape index (κ1) is 13.3. The standard InChI is InChI=1S/C15H21NOS/c1-2-3-10-16-15(17)14-11-12-8-6-4-5-7-9-13(12)18-14/h2,11H,1,3-10H2,(H,16,17). The van der Waals surface area contributed by atoms with Gasteiger partial charge in [-0.2, -0.15) is 0 Å². The minimum atomic E-state index is 0.0774. The van der Waals surface area contributed by atoms with Gasteiger partial charge in [-0.05, 0) is 43.7 Å². The molecule has 98 valence electrons. The monoisotopic (exact) mass is 263 g/mol. The van der Waals surface area contributed by atoms with Crippen LogP contribution in [0.15, 0.2) is 18.7 Å². The van der Waals surface area contributed by atoms with E-state index in [2.05, 4.69) is 18.0 Å². The van der Waals surface area contributed by atoms with E-state index in [9.17, 15) is 4.79 Å². The minimum Gasteiger partial charge on any atom is -0.351 e. The van der Waals surface area contributed by atoms with Crippen molar-refractivity contribution in [2.45, 2.75) is 44.9 Å². The SMILES string of the molecule is C=CCCNC(=O)c1cc2c(s1)CCCCCC2. The molecule has 0 saturated heterocycles. The zero-order valence-electron chi connectivity index (χ0n) is 10.8. The van der Waals surface area contributed by atoms with Crippen LogP contribution in [0, 0.1) is 0 Å². The van der Waals surface area contributed by atoms with E-state index in [1.54, 1.807) is 11.3 Å². The fourth-order valence-corrected chi connectivity index (χ4v) is 3.50. The van der Waals surface area contributed by atoms with E-state index in [1.165, 1.54) is 36.1 Å². The van der Waals surface area contributed by atoms with Gasteiger partial charge in [-0.1, -0.05) is 18.9 Å². The zero-order chi connectivity index (χ0) is 12.8. The Hall–Kier alpha value is -1.09. The smallest absolute Gasteiger partial charge is 0.261 e. The molecule has 3 heteroatoms. The van der Waals surface area contributed by atoms with E-state index < -0.39 is 0 Å². The van der Waals surface area contributed by atoms with Crippen molar-refractivity contribution in [2.24, 2.45) is 0 Å².